The smallest absolute Gasteiger partial charge is 0.435 e. The second kappa shape index (κ2) is 30.1. The molecule has 1 aliphatic heterocycles. The molecule has 1 unspecified atom stereocenters. The molecule has 4 amide bonds. The number of alkyl halides is 3. The van der Waals surface area contributed by atoms with E-state index in [1.54, 1.807) is 90.2 Å². The molecule has 5 aliphatic carbocycles. The van der Waals surface area contributed by atoms with Crippen molar-refractivity contribution < 1.29 is 105 Å². The fraction of sp³-hybridized carbons (Fsp3) is 0.579. The number of aromatic nitrogens is 2. The predicted octanol–water partition coefficient (Wildman–Crippen LogP) is 9.85. The minimum absolute atomic E-state index is 0.0240. The number of aliphatic hydroxyl groups is 3. The summed E-state index contributed by atoms with van der Waals surface area (Å²) in [5, 5.41) is 48.6. The number of primary amides is 1. The maximum absolute atomic E-state index is 15.5. The number of esters is 3. The molecule has 3 aromatic carbocycles. The Balaban J connectivity index is 0.801. The third-order valence-corrected chi connectivity index (χ3v) is 21.8. The van der Waals surface area contributed by atoms with Crippen LogP contribution in [0, 0.1) is 22.2 Å². The van der Waals surface area contributed by atoms with Crippen LogP contribution in [-0.2, 0) is 60.1 Å². The van der Waals surface area contributed by atoms with Gasteiger partial charge in [0, 0.05) is 70.5 Å². The van der Waals surface area contributed by atoms with Gasteiger partial charge in [0.1, 0.15) is 47.8 Å². The lowest BCUT2D eigenvalue weighted by molar-refractivity contribution is -0.346. The molecule has 3 saturated carbocycles. The Hall–Kier alpha value is -8.93. The summed E-state index contributed by atoms with van der Waals surface area (Å²) in [5.74, 6) is -7.10. The lowest BCUT2D eigenvalue weighted by atomic mass is 9.44. The van der Waals surface area contributed by atoms with E-state index in [1.807, 2.05) is 0 Å². The number of anilines is 1. The largest absolute Gasteiger partial charge is 0.455 e. The minimum atomic E-state index is -4.89. The fourth-order valence-corrected chi connectivity index (χ4v) is 16.2. The summed E-state index contributed by atoms with van der Waals surface area (Å²) in [6.07, 6.45) is -15.1. The van der Waals surface area contributed by atoms with Crippen molar-refractivity contribution in [3.8, 4) is 5.69 Å². The van der Waals surface area contributed by atoms with E-state index in [1.165, 1.54) is 74.9 Å². The number of benzene rings is 3. The van der Waals surface area contributed by atoms with Crippen molar-refractivity contribution >= 4 is 59.3 Å². The molecule has 29 heteroatoms. The van der Waals surface area contributed by atoms with Gasteiger partial charge < -0.3 is 74.6 Å². The number of nitrogens with two attached hydrogens (primary N) is 1. The number of aliphatic hydroxyl groups excluding tert-OH is 2. The van der Waals surface area contributed by atoms with E-state index in [0.29, 0.717) is 57.9 Å². The van der Waals surface area contributed by atoms with Gasteiger partial charge in [-0.05, 0) is 132 Å². The summed E-state index contributed by atoms with van der Waals surface area (Å²) in [6.45, 7) is 15.5. The Bertz CT molecular complexity index is 4020. The lowest BCUT2D eigenvalue weighted by Crippen LogP contribution is -2.81. The number of rotatable bonds is 21. The van der Waals surface area contributed by atoms with Gasteiger partial charge in [-0.2, -0.15) is 18.3 Å². The van der Waals surface area contributed by atoms with Gasteiger partial charge >= 0.3 is 42.4 Å². The Morgan fingerprint density at radius 2 is 1.44 bits per heavy atom. The summed E-state index contributed by atoms with van der Waals surface area (Å²) in [6, 6.07) is 18.4. The highest BCUT2D eigenvalue weighted by molar-refractivity contribution is 6.01. The van der Waals surface area contributed by atoms with Crippen molar-refractivity contribution in [1.82, 2.24) is 24.9 Å². The summed E-state index contributed by atoms with van der Waals surface area (Å²) in [7, 11) is 3.05. The van der Waals surface area contributed by atoms with E-state index in [4.69, 9.17) is 38.9 Å². The van der Waals surface area contributed by atoms with Gasteiger partial charge in [0.25, 0.3) is 5.91 Å². The average molecular weight is 1470 g/mol. The number of alkyl carbamates (subject to hydrolysis) is 1. The third kappa shape index (κ3) is 16.0. The van der Waals surface area contributed by atoms with Gasteiger partial charge in [-0.25, -0.2) is 28.7 Å². The number of hydrogen-bond donors (Lipinski definition) is 6. The van der Waals surface area contributed by atoms with Crippen molar-refractivity contribution in [3.05, 3.63) is 124 Å². The minimum Gasteiger partial charge on any atom is -0.455 e. The zero-order chi connectivity index (χ0) is 76.8. The number of carbonyl (C=O) groups excluding carboxylic acids is 9. The van der Waals surface area contributed by atoms with Gasteiger partial charge in [0.15, 0.2) is 22.9 Å². The zero-order valence-corrected chi connectivity index (χ0v) is 61.3. The first-order valence-corrected chi connectivity index (χ1v) is 35.5. The SMILES string of the molecule is CC(=O)O[C@@]12CO[C@@H]1C[C@H](O)[C@@]1(C)C(=O)[C@H](O)C3=C(C)[C@@H](OC(=O)[C@H](OC(=O)N(C)CCCCCCN(C)C(=O)O[C@H]4CC[C@H](Nc5cc(-n6nc(C(F)(F)F)c7c6CC(C)(C)CC7=O)ccc5C(N)=O)CC4)[C@@H](NC(=O)OC(C)(C)C)c4ccccc4)CC(O)([C@@H](OC(=O)c4ccccc4)[C@H]21)C3(C)C. The molecule has 4 aromatic rings. The highest BCUT2D eigenvalue weighted by atomic mass is 19.4. The first-order valence-electron chi connectivity index (χ1n) is 35.5. The van der Waals surface area contributed by atoms with E-state index in [-0.39, 0.29) is 83.4 Å². The van der Waals surface area contributed by atoms with Crippen LogP contribution in [0.2, 0.25) is 0 Å². The second-order valence-corrected chi connectivity index (χ2v) is 31.3. The summed E-state index contributed by atoms with van der Waals surface area (Å²) < 4.78 is 86.5. The van der Waals surface area contributed by atoms with Gasteiger partial charge in [-0.1, -0.05) is 89.1 Å². The Labute approximate surface area is 607 Å². The number of Topliss-reactive ketones (excluding diaryl/α,β-unsaturated/α-hetero) is 2. The number of nitrogens with zero attached hydrogens (tertiary/aromatic N) is 4. The number of carbonyl (C=O) groups is 9. The monoisotopic (exact) mass is 1470 g/mol. The summed E-state index contributed by atoms with van der Waals surface area (Å²) in [5.41, 5.74) is -4.95. The van der Waals surface area contributed by atoms with E-state index >= 15 is 9.59 Å². The van der Waals surface area contributed by atoms with Crippen LogP contribution >= 0.6 is 0 Å². The number of halogens is 3. The molecule has 10 rings (SSSR count). The van der Waals surface area contributed by atoms with Crippen molar-refractivity contribution in [3.63, 3.8) is 0 Å². The number of fused-ring (bicyclic) bond motifs is 6. The van der Waals surface area contributed by atoms with Crippen LogP contribution in [-0.4, -0.2) is 188 Å². The summed E-state index contributed by atoms with van der Waals surface area (Å²) >= 11 is 0. The van der Waals surface area contributed by atoms with Crippen LogP contribution in [0.15, 0.2) is 90.0 Å². The highest BCUT2D eigenvalue weighted by Gasteiger charge is 2.78. The van der Waals surface area contributed by atoms with E-state index < -0.39 is 165 Å². The van der Waals surface area contributed by atoms with Crippen LogP contribution < -0.4 is 16.4 Å². The predicted molar refractivity (Wildman–Crippen MR) is 371 cm³/mol. The molecule has 570 valence electrons. The van der Waals surface area contributed by atoms with Crippen molar-refractivity contribution in [1.29, 1.82) is 0 Å². The third-order valence-electron chi connectivity index (χ3n) is 21.8. The fourth-order valence-electron chi connectivity index (χ4n) is 16.2. The van der Waals surface area contributed by atoms with Gasteiger partial charge in [-0.15, -0.1) is 0 Å². The van der Waals surface area contributed by atoms with Crippen molar-refractivity contribution in [2.45, 2.75) is 224 Å². The number of amides is 4. The van der Waals surface area contributed by atoms with Crippen molar-refractivity contribution in [2.24, 2.45) is 27.9 Å². The second-order valence-electron chi connectivity index (χ2n) is 31.3. The van der Waals surface area contributed by atoms with Crippen LogP contribution in [0.5, 0.6) is 0 Å². The van der Waals surface area contributed by atoms with Gasteiger partial charge in [-0.3, -0.25) is 19.2 Å². The molecule has 2 heterocycles. The maximum Gasteiger partial charge on any atom is 0.435 e. The molecule has 0 radical (unpaired) electrons. The standard InChI is InChI=1S/C76H96F3N7O19/c1-41-52(39-75(98)63(103-65(93)44-25-19-16-20-26-44)60-73(10,62(91)58(90)56(41)72(75,8)9)53(89)36-54-74(60,40-99-54)104-42(2)87)101-66(94)59(57(43-23-17-15-18-24-43)82-67(95)105-70(3,4)5)102-69(97)85(12)34-22-14-13-21-33-84(11)68(96)100-47-30-27-45(28-31-47)81-49-35-46(29-32-48(49)64(80)92)86-50-37-71(6,7)38-51(88)55(50)61(83-86)76(77,78)79/h15-20,23-26,29,32,35,45,47,52-54,57-60,63,81,89-90,98H,13-14,21-22,27-28,30-31,33-34,36-40H2,1-12H3,(H2,80,92)(H,82,95)/t45-,47-,52-,53-,54+,57-,58+,59+,60-,63-,73+,74-,75?/m0/s1. The van der Waals surface area contributed by atoms with Crippen LogP contribution in [0.3, 0.4) is 0 Å². The number of ether oxygens (including phenoxy) is 7. The first-order chi connectivity index (χ1) is 49.1. The summed E-state index contributed by atoms with van der Waals surface area (Å²) in [4.78, 5) is 129. The number of ketones is 2. The normalized spacial score (nSPS) is 27.3. The molecule has 1 saturated heterocycles. The van der Waals surface area contributed by atoms with E-state index in [0.717, 1.165) is 11.6 Å². The topological polar surface area (TPSA) is 353 Å². The van der Waals surface area contributed by atoms with Gasteiger partial charge in [0.05, 0.1) is 52.1 Å². The molecule has 0 spiro atoms. The van der Waals surface area contributed by atoms with E-state index in [9.17, 15) is 62.1 Å². The van der Waals surface area contributed by atoms with Crippen LogP contribution in [0.4, 0.5) is 33.2 Å². The molecule has 2 bridgehead atoms. The van der Waals surface area contributed by atoms with Crippen LogP contribution in [0.25, 0.3) is 5.69 Å². The van der Waals surface area contributed by atoms with E-state index in [2.05, 4.69) is 15.7 Å². The lowest BCUT2D eigenvalue weighted by Gasteiger charge is -2.67. The first kappa shape index (κ1) is 78.7. The number of nitrogens with one attached hydrogen (secondary N) is 2. The van der Waals surface area contributed by atoms with Crippen LogP contribution in [0.1, 0.15) is 194 Å². The maximum atomic E-state index is 15.5. The average Bonchev–Trinajstić information content (AvgIpc) is 1.10. The molecule has 7 N–H and O–H groups in total. The van der Waals surface area contributed by atoms with Crippen molar-refractivity contribution in [2.75, 3.05) is 39.1 Å². The molecule has 4 fully saturated rings. The highest BCUT2D eigenvalue weighted by Crippen LogP contribution is 2.64. The number of hydrogen-bond acceptors (Lipinski definition) is 21. The number of unbranched alkanes of at least 4 members (excludes halogenated alkanes) is 3. The molecule has 6 aliphatic rings. The molecular weight excluding hydrogens is 1370 g/mol. The molecule has 1 aromatic heterocycles. The Morgan fingerprint density at radius 1 is 0.819 bits per heavy atom. The molecule has 26 nitrogen and oxygen atoms in total. The molecule has 105 heavy (non-hydrogen) atoms. The Morgan fingerprint density at radius 3 is 2.02 bits per heavy atom. The van der Waals surface area contributed by atoms with Gasteiger partial charge in [0.2, 0.25) is 6.10 Å². The molecular formula is C76H96F3N7O19. The molecule has 11 atom stereocenters. The zero-order valence-electron chi connectivity index (χ0n) is 61.3. The Kier molecular flexibility index (Phi) is 22.6. The quantitative estimate of drug-likeness (QED) is 0.0195.